The minimum Gasteiger partial charge on any atom is -0.381 e. The molecule has 2 N–H and O–H groups in total. The first kappa shape index (κ1) is 25.8. The zero-order chi connectivity index (χ0) is 26.8. The van der Waals surface area contributed by atoms with E-state index in [4.69, 9.17) is 9.72 Å². The van der Waals surface area contributed by atoms with Gasteiger partial charge in [0.15, 0.2) is 0 Å². The van der Waals surface area contributed by atoms with E-state index in [2.05, 4.69) is 15.6 Å². The second-order valence-corrected chi connectivity index (χ2v) is 11.2. The Kier molecular flexibility index (Phi) is 7.50. The number of carbonyl (C=O) groups excluding carboxylic acids is 1. The number of hydrogen-bond donors (Lipinski definition) is 2. The lowest BCUT2D eigenvalue weighted by Gasteiger charge is -2.33. The smallest absolute Gasteiger partial charge is 0.317 e. The number of carbonyl (C=O) groups is 1. The predicted octanol–water partition coefficient (Wildman–Crippen LogP) is 4.65. The lowest BCUT2D eigenvalue weighted by molar-refractivity contribution is 0.0697. The van der Waals surface area contributed by atoms with E-state index in [1.165, 1.54) is 12.8 Å². The number of hydrogen-bond acceptors (Lipinski definition) is 6. The first-order valence-corrected chi connectivity index (χ1v) is 14.4. The van der Waals surface area contributed by atoms with E-state index in [1.807, 2.05) is 52.9 Å². The number of aryl methyl sites for hydroxylation is 1. The Morgan fingerprint density at radius 1 is 0.974 bits per heavy atom. The molecule has 206 valence electrons. The molecule has 4 heterocycles. The van der Waals surface area contributed by atoms with E-state index in [0.29, 0.717) is 49.5 Å². The molecule has 0 unspecified atom stereocenters. The van der Waals surface area contributed by atoms with Gasteiger partial charge >= 0.3 is 6.03 Å². The van der Waals surface area contributed by atoms with Crippen LogP contribution in [0.1, 0.15) is 63.0 Å². The molecule has 1 aromatic carbocycles. The maximum Gasteiger partial charge on any atom is 0.317 e. The van der Waals surface area contributed by atoms with Crippen molar-refractivity contribution in [1.29, 1.82) is 0 Å². The Morgan fingerprint density at radius 3 is 2.46 bits per heavy atom. The molecule has 3 aromatic rings. The zero-order valence-electron chi connectivity index (χ0n) is 22.7. The van der Waals surface area contributed by atoms with Crippen LogP contribution in [0.2, 0.25) is 0 Å². The summed E-state index contributed by atoms with van der Waals surface area (Å²) in [4.78, 5) is 38.1. The van der Waals surface area contributed by atoms with Gasteiger partial charge in [-0.1, -0.05) is 37.1 Å². The van der Waals surface area contributed by atoms with E-state index in [0.717, 1.165) is 55.0 Å². The molecule has 2 aliphatic heterocycles. The van der Waals surface area contributed by atoms with Gasteiger partial charge in [0.2, 0.25) is 5.95 Å². The lowest BCUT2D eigenvalue weighted by Crippen LogP contribution is -2.49. The highest BCUT2D eigenvalue weighted by Gasteiger charge is 2.27. The van der Waals surface area contributed by atoms with Crippen LogP contribution < -0.4 is 16.2 Å². The number of pyridine rings is 1. The van der Waals surface area contributed by atoms with Gasteiger partial charge in [0.1, 0.15) is 5.65 Å². The lowest BCUT2D eigenvalue weighted by atomic mass is 10.00. The van der Waals surface area contributed by atoms with Crippen molar-refractivity contribution in [3.63, 3.8) is 0 Å². The van der Waals surface area contributed by atoms with Gasteiger partial charge in [-0.25, -0.2) is 9.78 Å². The summed E-state index contributed by atoms with van der Waals surface area (Å²) in [6, 6.07) is 10.5. The number of fused-ring (bicyclic) bond motifs is 1. The molecule has 1 saturated carbocycles. The molecule has 3 aliphatic rings. The number of rotatable bonds is 5. The number of piperidine rings is 1. The molecule has 0 spiro atoms. The van der Waals surface area contributed by atoms with Crippen LogP contribution in [-0.4, -0.2) is 63.9 Å². The van der Waals surface area contributed by atoms with Crippen LogP contribution in [0.5, 0.6) is 0 Å². The Morgan fingerprint density at radius 2 is 1.72 bits per heavy atom. The summed E-state index contributed by atoms with van der Waals surface area (Å²) in [5.41, 5.74) is 3.33. The summed E-state index contributed by atoms with van der Waals surface area (Å²) in [7, 11) is 0. The molecule has 9 nitrogen and oxygen atoms in total. The van der Waals surface area contributed by atoms with E-state index >= 15 is 0 Å². The number of nitrogens with zero attached hydrogens (tertiary/aromatic N) is 4. The van der Waals surface area contributed by atoms with Crippen molar-refractivity contribution in [2.75, 3.05) is 31.6 Å². The average Bonchev–Trinajstić information content (AvgIpc) is 3.47. The van der Waals surface area contributed by atoms with Crippen LogP contribution in [0, 0.1) is 6.92 Å². The van der Waals surface area contributed by atoms with Gasteiger partial charge in [0.25, 0.3) is 5.56 Å². The van der Waals surface area contributed by atoms with Crippen LogP contribution in [-0.2, 0) is 4.74 Å². The summed E-state index contributed by atoms with van der Waals surface area (Å²) >= 11 is 0. The molecule has 6 rings (SSSR count). The van der Waals surface area contributed by atoms with E-state index in [-0.39, 0.29) is 23.7 Å². The van der Waals surface area contributed by atoms with Gasteiger partial charge in [-0.15, -0.1) is 0 Å². The second-order valence-electron chi connectivity index (χ2n) is 11.2. The van der Waals surface area contributed by atoms with Crippen LogP contribution in [0.4, 0.5) is 10.7 Å². The number of ether oxygens (including phenoxy) is 1. The Bertz CT molecular complexity index is 1390. The van der Waals surface area contributed by atoms with Crippen molar-refractivity contribution in [3.8, 4) is 11.1 Å². The van der Waals surface area contributed by atoms with Crippen LogP contribution in [0.25, 0.3) is 22.2 Å². The predicted molar refractivity (Wildman–Crippen MR) is 152 cm³/mol. The number of urea groups is 1. The summed E-state index contributed by atoms with van der Waals surface area (Å²) in [5.74, 6) is 0.528. The fraction of sp³-hybridized carbons (Fsp3) is 0.533. The molecule has 2 aromatic heterocycles. The Labute approximate surface area is 229 Å². The molecule has 0 radical (unpaired) electrons. The molecule has 2 amide bonds. The summed E-state index contributed by atoms with van der Waals surface area (Å²) in [6.07, 6.45) is 9.64. The summed E-state index contributed by atoms with van der Waals surface area (Å²) < 4.78 is 7.48. The van der Waals surface area contributed by atoms with E-state index in [1.54, 1.807) is 0 Å². The maximum atomic E-state index is 14.0. The molecule has 0 atom stereocenters. The molecule has 3 fully saturated rings. The normalized spacial score (nSPS) is 19.5. The third-order valence-corrected chi connectivity index (χ3v) is 8.56. The van der Waals surface area contributed by atoms with Crippen molar-refractivity contribution >= 4 is 23.0 Å². The van der Waals surface area contributed by atoms with Crippen molar-refractivity contribution < 1.29 is 9.53 Å². The highest BCUT2D eigenvalue weighted by atomic mass is 16.5. The first-order chi connectivity index (χ1) is 19.1. The molecule has 39 heavy (non-hydrogen) atoms. The third-order valence-electron chi connectivity index (χ3n) is 8.56. The Balaban J connectivity index is 1.24. The zero-order valence-corrected chi connectivity index (χ0v) is 22.7. The monoisotopic (exact) mass is 530 g/mol. The number of anilines is 1. The first-order valence-electron chi connectivity index (χ1n) is 14.4. The Hall–Kier alpha value is -3.46. The topological polar surface area (TPSA) is 101 Å². The fourth-order valence-corrected chi connectivity index (χ4v) is 6.29. The summed E-state index contributed by atoms with van der Waals surface area (Å²) in [6.45, 7) is 4.71. The third kappa shape index (κ3) is 5.50. The number of nitrogens with one attached hydrogen (secondary N) is 2. The van der Waals surface area contributed by atoms with Gasteiger partial charge in [0, 0.05) is 61.6 Å². The van der Waals surface area contributed by atoms with Gasteiger partial charge in [0.05, 0.1) is 0 Å². The van der Waals surface area contributed by atoms with Crippen LogP contribution in [0.3, 0.4) is 0 Å². The fourth-order valence-electron chi connectivity index (χ4n) is 6.29. The summed E-state index contributed by atoms with van der Waals surface area (Å²) in [5, 5.41) is 7.54. The molecule has 9 heteroatoms. The van der Waals surface area contributed by atoms with Crippen molar-refractivity contribution in [3.05, 3.63) is 52.4 Å². The average molecular weight is 531 g/mol. The minimum atomic E-state index is -0.0186. The standard InChI is InChI=1S/C30H38N6O3/c1-20-6-2-5-9-25(20)26-18-21-19-31-29(34-27(21)36(28(26)37)24-12-16-39-17-13-24)32-23-10-14-35(15-11-23)30(38)33-22-7-3-4-8-22/h2,5-6,9,18-19,22-24H,3-4,7-8,10-17H2,1H3,(H,33,38)(H,31,32,34). The van der Waals surface area contributed by atoms with Crippen molar-refractivity contribution in [1.82, 2.24) is 24.8 Å². The number of aromatic nitrogens is 3. The quantitative estimate of drug-likeness (QED) is 0.498. The second kappa shape index (κ2) is 11.3. The van der Waals surface area contributed by atoms with Gasteiger partial charge < -0.3 is 20.3 Å². The maximum absolute atomic E-state index is 14.0. The van der Waals surface area contributed by atoms with Crippen molar-refractivity contribution in [2.45, 2.75) is 76.4 Å². The van der Waals surface area contributed by atoms with E-state index in [9.17, 15) is 9.59 Å². The number of amides is 2. The molecular weight excluding hydrogens is 492 g/mol. The van der Waals surface area contributed by atoms with Gasteiger partial charge in [-0.3, -0.25) is 9.36 Å². The number of benzene rings is 1. The molecular formula is C30H38N6O3. The molecule has 0 bridgehead atoms. The number of likely N-dealkylation sites (tertiary alicyclic amines) is 1. The van der Waals surface area contributed by atoms with Crippen LogP contribution >= 0.6 is 0 Å². The van der Waals surface area contributed by atoms with Crippen molar-refractivity contribution in [2.24, 2.45) is 0 Å². The molecule has 2 saturated heterocycles. The highest BCUT2D eigenvalue weighted by Crippen LogP contribution is 2.28. The largest absolute Gasteiger partial charge is 0.381 e. The molecule has 1 aliphatic carbocycles. The SMILES string of the molecule is Cc1ccccc1-c1cc2cnc(NC3CCN(C(=O)NC4CCCC4)CC3)nc2n(C2CCOCC2)c1=O. The minimum absolute atomic E-state index is 0.0186. The van der Waals surface area contributed by atoms with Gasteiger partial charge in [-0.05, 0) is 62.6 Å². The van der Waals surface area contributed by atoms with E-state index < -0.39 is 0 Å². The van der Waals surface area contributed by atoms with Gasteiger partial charge in [-0.2, -0.15) is 4.98 Å². The van der Waals surface area contributed by atoms with Crippen LogP contribution in [0.15, 0.2) is 41.3 Å². The highest BCUT2D eigenvalue weighted by molar-refractivity contribution is 5.82.